The summed E-state index contributed by atoms with van der Waals surface area (Å²) in [5.74, 6) is -0.238. The Kier molecular flexibility index (Phi) is 2.42. The first-order chi connectivity index (χ1) is 10.2. The Bertz CT molecular complexity index is 800. The van der Waals surface area contributed by atoms with E-state index in [0.29, 0.717) is 23.7 Å². The third kappa shape index (κ3) is 1.56. The molecule has 7 nitrogen and oxygen atoms in total. The fourth-order valence-electron chi connectivity index (χ4n) is 3.18. The van der Waals surface area contributed by atoms with Crippen molar-refractivity contribution < 1.29 is 9.90 Å². The largest absolute Gasteiger partial charge is 0.476 e. The van der Waals surface area contributed by atoms with Crippen LogP contribution in [-0.4, -0.2) is 38.3 Å². The molecule has 0 unspecified atom stereocenters. The molecule has 0 atom stereocenters. The van der Waals surface area contributed by atoms with Gasteiger partial charge in [-0.1, -0.05) is 0 Å². The standard InChI is InChI=1S/C14H13N5O2/c15-6-8-7-16-19-12(8)17-11(14(20)21)10-4-5-18(13(10)19)9-2-1-3-9/h7,9H,1-5H2,(H,20,21). The van der Waals surface area contributed by atoms with Gasteiger partial charge in [0.2, 0.25) is 0 Å². The molecule has 2 aromatic rings. The molecule has 7 heteroatoms. The van der Waals surface area contributed by atoms with Crippen molar-refractivity contribution in [2.75, 3.05) is 11.4 Å². The maximum atomic E-state index is 11.5. The van der Waals surface area contributed by atoms with Gasteiger partial charge in [0.1, 0.15) is 17.5 Å². The Balaban J connectivity index is 2.01. The van der Waals surface area contributed by atoms with Crippen molar-refractivity contribution in [3.63, 3.8) is 0 Å². The Hall–Kier alpha value is -2.62. The van der Waals surface area contributed by atoms with E-state index in [1.165, 1.54) is 12.6 Å². The monoisotopic (exact) mass is 283 g/mol. The topological polar surface area (TPSA) is 94.5 Å². The van der Waals surface area contributed by atoms with Gasteiger partial charge in [-0.25, -0.2) is 9.78 Å². The number of rotatable bonds is 2. The quantitative estimate of drug-likeness (QED) is 0.890. The second kappa shape index (κ2) is 4.19. The van der Waals surface area contributed by atoms with Crippen LogP contribution in [0.25, 0.3) is 5.65 Å². The molecule has 4 rings (SSSR count). The molecular formula is C14H13N5O2. The van der Waals surface area contributed by atoms with E-state index in [2.05, 4.69) is 15.0 Å². The summed E-state index contributed by atoms with van der Waals surface area (Å²) in [6.07, 6.45) is 5.57. The molecule has 21 heavy (non-hydrogen) atoms. The predicted molar refractivity (Wildman–Crippen MR) is 73.4 cm³/mol. The lowest BCUT2D eigenvalue weighted by molar-refractivity contribution is 0.0689. The SMILES string of the molecule is N#Cc1cnn2c3c(c(C(=O)O)nc12)CCN3C1CCC1. The Morgan fingerprint density at radius 1 is 1.48 bits per heavy atom. The molecule has 0 aromatic carbocycles. The normalized spacial score (nSPS) is 17.6. The fraction of sp³-hybridized carbons (Fsp3) is 0.429. The summed E-state index contributed by atoms with van der Waals surface area (Å²) in [6, 6.07) is 2.47. The molecular weight excluding hydrogens is 270 g/mol. The lowest BCUT2D eigenvalue weighted by Crippen LogP contribution is -2.39. The van der Waals surface area contributed by atoms with E-state index in [9.17, 15) is 9.90 Å². The number of carboxylic acids is 1. The number of hydrogen-bond donors (Lipinski definition) is 1. The highest BCUT2D eigenvalue weighted by molar-refractivity contribution is 5.90. The zero-order valence-electron chi connectivity index (χ0n) is 11.3. The number of carbonyl (C=O) groups is 1. The first-order valence-corrected chi connectivity index (χ1v) is 7.01. The van der Waals surface area contributed by atoms with Gasteiger partial charge < -0.3 is 10.0 Å². The summed E-state index contributed by atoms with van der Waals surface area (Å²) in [5, 5.41) is 22.8. The van der Waals surface area contributed by atoms with Crippen molar-refractivity contribution in [1.29, 1.82) is 5.26 Å². The zero-order valence-corrected chi connectivity index (χ0v) is 11.3. The highest BCUT2D eigenvalue weighted by Gasteiger charge is 2.35. The van der Waals surface area contributed by atoms with Gasteiger partial charge >= 0.3 is 5.97 Å². The average Bonchev–Trinajstić information content (AvgIpc) is 2.99. The summed E-state index contributed by atoms with van der Waals surface area (Å²) in [4.78, 5) is 17.9. The number of aromatic carboxylic acids is 1. The van der Waals surface area contributed by atoms with Gasteiger partial charge in [-0.15, -0.1) is 0 Å². The molecule has 1 N–H and O–H groups in total. The first-order valence-electron chi connectivity index (χ1n) is 7.01. The van der Waals surface area contributed by atoms with Crippen LogP contribution in [0.15, 0.2) is 6.20 Å². The minimum Gasteiger partial charge on any atom is -0.476 e. The molecule has 1 fully saturated rings. The van der Waals surface area contributed by atoms with Gasteiger partial charge in [-0.2, -0.15) is 14.9 Å². The lowest BCUT2D eigenvalue weighted by Gasteiger charge is -2.36. The van der Waals surface area contributed by atoms with E-state index in [1.54, 1.807) is 4.52 Å². The molecule has 1 saturated carbocycles. The summed E-state index contributed by atoms with van der Waals surface area (Å²) >= 11 is 0. The van der Waals surface area contributed by atoms with Crippen LogP contribution in [-0.2, 0) is 6.42 Å². The molecule has 3 heterocycles. The molecule has 0 bridgehead atoms. The highest BCUT2D eigenvalue weighted by Crippen LogP contribution is 2.37. The molecule has 106 valence electrons. The second-order valence-corrected chi connectivity index (χ2v) is 5.50. The molecule has 0 radical (unpaired) electrons. The Morgan fingerprint density at radius 3 is 2.90 bits per heavy atom. The number of fused-ring (bicyclic) bond motifs is 3. The first kappa shape index (κ1) is 12.1. The molecule has 0 amide bonds. The van der Waals surface area contributed by atoms with Crippen LogP contribution in [0.5, 0.6) is 0 Å². The minimum atomic E-state index is -1.05. The second-order valence-electron chi connectivity index (χ2n) is 5.50. The molecule has 1 aliphatic carbocycles. The van der Waals surface area contributed by atoms with Gasteiger partial charge in [0.25, 0.3) is 0 Å². The van der Waals surface area contributed by atoms with Crippen molar-refractivity contribution in [3.05, 3.63) is 23.0 Å². The molecule has 2 aromatic heterocycles. The third-order valence-corrected chi connectivity index (χ3v) is 4.43. The van der Waals surface area contributed by atoms with Crippen molar-refractivity contribution in [2.45, 2.75) is 31.7 Å². The Morgan fingerprint density at radius 2 is 2.29 bits per heavy atom. The molecule has 1 aliphatic heterocycles. The highest BCUT2D eigenvalue weighted by atomic mass is 16.4. The smallest absolute Gasteiger partial charge is 0.355 e. The van der Waals surface area contributed by atoms with Crippen LogP contribution < -0.4 is 4.90 Å². The number of nitriles is 1. The predicted octanol–water partition coefficient (Wildman–Crippen LogP) is 1.21. The average molecular weight is 283 g/mol. The van der Waals surface area contributed by atoms with Gasteiger partial charge in [-0.05, 0) is 25.7 Å². The van der Waals surface area contributed by atoms with Crippen LogP contribution in [0, 0.1) is 11.3 Å². The fourth-order valence-corrected chi connectivity index (χ4v) is 3.18. The van der Waals surface area contributed by atoms with E-state index in [4.69, 9.17) is 5.26 Å². The van der Waals surface area contributed by atoms with Crippen molar-refractivity contribution in [3.8, 4) is 6.07 Å². The Labute approximate surface area is 120 Å². The maximum absolute atomic E-state index is 11.5. The van der Waals surface area contributed by atoms with Crippen LogP contribution in [0.4, 0.5) is 5.82 Å². The van der Waals surface area contributed by atoms with E-state index in [-0.39, 0.29) is 5.69 Å². The number of aromatic nitrogens is 3. The van der Waals surface area contributed by atoms with Gasteiger partial charge in [0.15, 0.2) is 11.3 Å². The zero-order chi connectivity index (χ0) is 14.6. The van der Waals surface area contributed by atoms with Crippen molar-refractivity contribution in [2.24, 2.45) is 0 Å². The van der Waals surface area contributed by atoms with E-state index >= 15 is 0 Å². The van der Waals surface area contributed by atoms with Crippen molar-refractivity contribution >= 4 is 17.4 Å². The van der Waals surface area contributed by atoms with E-state index in [0.717, 1.165) is 30.8 Å². The van der Waals surface area contributed by atoms with Gasteiger partial charge in [0.05, 0.1) is 6.20 Å². The number of anilines is 1. The summed E-state index contributed by atoms with van der Waals surface area (Å²) in [6.45, 7) is 0.794. The van der Waals surface area contributed by atoms with Crippen LogP contribution >= 0.6 is 0 Å². The number of carboxylic acid groups (broad SMARTS) is 1. The van der Waals surface area contributed by atoms with Gasteiger partial charge in [0, 0.05) is 18.2 Å². The van der Waals surface area contributed by atoms with Crippen molar-refractivity contribution in [1.82, 2.24) is 14.6 Å². The summed E-state index contributed by atoms with van der Waals surface area (Å²) in [5.41, 5.74) is 1.42. The maximum Gasteiger partial charge on any atom is 0.355 e. The lowest BCUT2D eigenvalue weighted by atomic mass is 9.92. The summed E-state index contributed by atoms with van der Waals surface area (Å²) < 4.78 is 1.63. The van der Waals surface area contributed by atoms with Crippen LogP contribution in [0.1, 0.15) is 40.9 Å². The molecule has 0 saturated heterocycles. The van der Waals surface area contributed by atoms with Crippen LogP contribution in [0.3, 0.4) is 0 Å². The van der Waals surface area contributed by atoms with Crippen LogP contribution in [0.2, 0.25) is 0 Å². The molecule has 2 aliphatic rings. The van der Waals surface area contributed by atoms with E-state index < -0.39 is 5.97 Å². The van der Waals surface area contributed by atoms with E-state index in [1.807, 2.05) is 6.07 Å². The molecule has 0 spiro atoms. The third-order valence-electron chi connectivity index (χ3n) is 4.43. The summed E-state index contributed by atoms with van der Waals surface area (Å²) in [7, 11) is 0. The number of hydrogen-bond acceptors (Lipinski definition) is 5. The van der Waals surface area contributed by atoms with Gasteiger partial charge in [-0.3, -0.25) is 0 Å². The minimum absolute atomic E-state index is 0.0522. The number of nitrogens with zero attached hydrogens (tertiary/aromatic N) is 5.